The van der Waals surface area contributed by atoms with E-state index in [4.69, 9.17) is 5.11 Å². The van der Waals surface area contributed by atoms with Crippen LogP contribution in [0.3, 0.4) is 0 Å². The number of rotatable bonds is 5. The highest BCUT2D eigenvalue weighted by atomic mass is 16.4. The topological polar surface area (TPSA) is 49.3 Å². The summed E-state index contributed by atoms with van der Waals surface area (Å²) < 4.78 is 0. The molecule has 0 radical (unpaired) electrons. The largest absolute Gasteiger partial charge is 0.481 e. The summed E-state index contributed by atoms with van der Waals surface area (Å²) >= 11 is 0. The molecule has 0 spiro atoms. The van der Waals surface area contributed by atoms with E-state index in [0.29, 0.717) is 17.9 Å². The zero-order valence-corrected chi connectivity index (χ0v) is 11.8. The maximum absolute atomic E-state index is 10.9. The summed E-state index contributed by atoms with van der Waals surface area (Å²) in [5.41, 5.74) is 1.44. The average Bonchev–Trinajstić information content (AvgIpc) is 3.26. The number of hydrogen-bond donors (Lipinski definition) is 2. The van der Waals surface area contributed by atoms with Crippen LogP contribution < -0.4 is 5.32 Å². The van der Waals surface area contributed by atoms with E-state index in [1.165, 1.54) is 12.0 Å². The molecule has 2 fully saturated rings. The first-order valence-corrected chi connectivity index (χ1v) is 7.75. The van der Waals surface area contributed by atoms with Crippen LogP contribution in [0.5, 0.6) is 0 Å². The number of carboxylic acids is 1. The van der Waals surface area contributed by atoms with E-state index in [0.717, 1.165) is 32.2 Å². The molecule has 2 unspecified atom stereocenters. The summed E-state index contributed by atoms with van der Waals surface area (Å²) in [7, 11) is 0. The molecule has 2 aliphatic rings. The highest BCUT2D eigenvalue weighted by Gasteiger charge is 2.38. The number of aliphatic carboxylic acids is 1. The number of nitrogens with one attached hydrogen (secondary N) is 1. The summed E-state index contributed by atoms with van der Waals surface area (Å²) in [6.45, 7) is 1.06. The number of carboxylic acid groups (broad SMARTS) is 1. The van der Waals surface area contributed by atoms with Gasteiger partial charge in [0.05, 0.1) is 5.92 Å². The molecule has 3 rings (SSSR count). The molecule has 0 saturated heterocycles. The molecule has 0 amide bonds. The molecule has 1 aromatic carbocycles. The van der Waals surface area contributed by atoms with Gasteiger partial charge in [0.25, 0.3) is 0 Å². The van der Waals surface area contributed by atoms with Crippen LogP contribution >= 0.6 is 0 Å². The maximum atomic E-state index is 10.9. The zero-order chi connectivity index (χ0) is 13.9. The molecule has 108 valence electrons. The van der Waals surface area contributed by atoms with Crippen molar-refractivity contribution in [2.24, 2.45) is 11.8 Å². The molecule has 0 bridgehead atoms. The SMILES string of the molecule is O=C(O)C1CCC(CNC2CC2c2ccccc2)CC1. The normalized spacial score (nSPS) is 32.8. The van der Waals surface area contributed by atoms with E-state index < -0.39 is 5.97 Å². The van der Waals surface area contributed by atoms with Crippen molar-refractivity contribution in [2.75, 3.05) is 6.54 Å². The lowest BCUT2D eigenvalue weighted by Crippen LogP contribution is -2.30. The van der Waals surface area contributed by atoms with Crippen LogP contribution in [0.25, 0.3) is 0 Å². The Morgan fingerprint density at radius 1 is 1.15 bits per heavy atom. The molecule has 0 heterocycles. The first-order chi connectivity index (χ1) is 9.74. The van der Waals surface area contributed by atoms with Crippen LogP contribution in [0.1, 0.15) is 43.6 Å². The van der Waals surface area contributed by atoms with Gasteiger partial charge in [-0.2, -0.15) is 0 Å². The van der Waals surface area contributed by atoms with Gasteiger partial charge in [0.1, 0.15) is 0 Å². The highest BCUT2D eigenvalue weighted by Crippen LogP contribution is 2.41. The molecular formula is C17H23NO2. The Bertz CT molecular complexity index is 451. The number of benzene rings is 1. The van der Waals surface area contributed by atoms with Crippen LogP contribution in [-0.4, -0.2) is 23.7 Å². The second kappa shape index (κ2) is 5.96. The first-order valence-electron chi connectivity index (χ1n) is 7.75. The summed E-state index contributed by atoms with van der Waals surface area (Å²) in [4.78, 5) is 10.9. The van der Waals surface area contributed by atoms with E-state index in [1.807, 2.05) is 0 Å². The van der Waals surface area contributed by atoms with Crippen molar-refractivity contribution in [2.45, 2.75) is 44.1 Å². The second-order valence-electron chi connectivity index (χ2n) is 6.32. The molecule has 2 aliphatic carbocycles. The van der Waals surface area contributed by atoms with Crippen molar-refractivity contribution in [1.82, 2.24) is 5.32 Å². The van der Waals surface area contributed by atoms with Crippen LogP contribution in [0, 0.1) is 11.8 Å². The predicted octanol–water partition coefficient (Wildman–Crippen LogP) is 3.02. The van der Waals surface area contributed by atoms with Crippen LogP contribution in [0.2, 0.25) is 0 Å². The lowest BCUT2D eigenvalue weighted by Gasteiger charge is -2.26. The number of hydrogen-bond acceptors (Lipinski definition) is 2. The summed E-state index contributed by atoms with van der Waals surface area (Å²) in [6, 6.07) is 11.3. The van der Waals surface area contributed by atoms with E-state index in [1.54, 1.807) is 0 Å². The minimum Gasteiger partial charge on any atom is -0.481 e. The third kappa shape index (κ3) is 3.21. The van der Waals surface area contributed by atoms with Crippen molar-refractivity contribution in [1.29, 1.82) is 0 Å². The fourth-order valence-electron chi connectivity index (χ4n) is 3.42. The standard InChI is InChI=1S/C17H23NO2/c19-17(20)14-8-6-12(7-9-14)11-18-16-10-15(16)13-4-2-1-3-5-13/h1-5,12,14-16,18H,6-11H2,(H,19,20). The molecule has 3 nitrogen and oxygen atoms in total. The summed E-state index contributed by atoms with van der Waals surface area (Å²) in [5, 5.41) is 12.7. The predicted molar refractivity (Wildman–Crippen MR) is 78.7 cm³/mol. The Morgan fingerprint density at radius 3 is 2.50 bits per heavy atom. The van der Waals surface area contributed by atoms with Gasteiger partial charge in [0, 0.05) is 12.0 Å². The molecule has 0 aromatic heterocycles. The van der Waals surface area contributed by atoms with Gasteiger partial charge < -0.3 is 10.4 Å². The van der Waals surface area contributed by atoms with E-state index >= 15 is 0 Å². The average molecular weight is 273 g/mol. The van der Waals surface area contributed by atoms with Crippen LogP contribution in [-0.2, 0) is 4.79 Å². The molecule has 1 aromatic rings. The molecule has 2 saturated carbocycles. The minimum absolute atomic E-state index is 0.0933. The lowest BCUT2D eigenvalue weighted by atomic mass is 9.82. The quantitative estimate of drug-likeness (QED) is 0.867. The van der Waals surface area contributed by atoms with Crippen LogP contribution in [0.4, 0.5) is 0 Å². The van der Waals surface area contributed by atoms with Gasteiger partial charge in [-0.25, -0.2) is 0 Å². The third-order valence-electron chi connectivity index (χ3n) is 4.88. The van der Waals surface area contributed by atoms with E-state index in [-0.39, 0.29) is 5.92 Å². The lowest BCUT2D eigenvalue weighted by molar-refractivity contribution is -0.143. The van der Waals surface area contributed by atoms with Crippen LogP contribution in [0.15, 0.2) is 30.3 Å². The Kier molecular flexibility index (Phi) is 4.06. The van der Waals surface area contributed by atoms with E-state index in [9.17, 15) is 4.79 Å². The first kappa shape index (κ1) is 13.6. The van der Waals surface area contributed by atoms with Crippen molar-refractivity contribution >= 4 is 5.97 Å². The highest BCUT2D eigenvalue weighted by molar-refractivity contribution is 5.69. The Balaban J connectivity index is 1.39. The summed E-state index contributed by atoms with van der Waals surface area (Å²) in [6.07, 6.45) is 5.08. The van der Waals surface area contributed by atoms with Crippen molar-refractivity contribution in [3.8, 4) is 0 Å². The Hall–Kier alpha value is -1.35. The summed E-state index contributed by atoms with van der Waals surface area (Å²) in [5.74, 6) is 0.654. The van der Waals surface area contributed by atoms with Gasteiger partial charge >= 0.3 is 5.97 Å². The molecule has 0 aliphatic heterocycles. The van der Waals surface area contributed by atoms with Crippen molar-refractivity contribution in [3.63, 3.8) is 0 Å². The number of carbonyl (C=O) groups is 1. The third-order valence-corrected chi connectivity index (χ3v) is 4.88. The fraction of sp³-hybridized carbons (Fsp3) is 0.588. The monoisotopic (exact) mass is 273 g/mol. The molecule has 2 N–H and O–H groups in total. The van der Waals surface area contributed by atoms with Crippen molar-refractivity contribution < 1.29 is 9.90 Å². The molecule has 2 atom stereocenters. The minimum atomic E-state index is -0.609. The fourth-order valence-corrected chi connectivity index (χ4v) is 3.42. The van der Waals surface area contributed by atoms with Gasteiger partial charge in [-0.3, -0.25) is 4.79 Å². The van der Waals surface area contributed by atoms with Gasteiger partial charge in [-0.15, -0.1) is 0 Å². The maximum Gasteiger partial charge on any atom is 0.306 e. The molecule has 3 heteroatoms. The second-order valence-corrected chi connectivity index (χ2v) is 6.32. The Labute approximate surface area is 120 Å². The van der Waals surface area contributed by atoms with Gasteiger partial charge in [-0.1, -0.05) is 30.3 Å². The van der Waals surface area contributed by atoms with Gasteiger partial charge in [-0.05, 0) is 50.1 Å². The smallest absolute Gasteiger partial charge is 0.306 e. The van der Waals surface area contributed by atoms with Gasteiger partial charge in [0.15, 0.2) is 0 Å². The zero-order valence-electron chi connectivity index (χ0n) is 11.8. The molecule has 20 heavy (non-hydrogen) atoms. The molecular weight excluding hydrogens is 250 g/mol. The Morgan fingerprint density at radius 2 is 1.85 bits per heavy atom. The van der Waals surface area contributed by atoms with Gasteiger partial charge in [0.2, 0.25) is 0 Å². The van der Waals surface area contributed by atoms with E-state index in [2.05, 4.69) is 35.6 Å². The van der Waals surface area contributed by atoms with Crippen molar-refractivity contribution in [3.05, 3.63) is 35.9 Å².